The Balaban J connectivity index is 2.43. The molecule has 1 aromatic rings. The van der Waals surface area contributed by atoms with Gasteiger partial charge in [0, 0.05) is 16.4 Å². The van der Waals surface area contributed by atoms with Crippen LogP contribution in [0.4, 0.5) is 0 Å². The van der Waals surface area contributed by atoms with Crippen LogP contribution in [0.1, 0.15) is 32.8 Å². The molecule has 0 aliphatic rings. The second-order valence-corrected chi connectivity index (χ2v) is 5.84. The van der Waals surface area contributed by atoms with Crippen LogP contribution in [0, 0.1) is 0 Å². The van der Waals surface area contributed by atoms with Crippen LogP contribution >= 0.6 is 15.9 Å². The molecule has 0 unspecified atom stereocenters. The molecule has 1 aromatic carbocycles. The lowest BCUT2D eigenvalue weighted by Crippen LogP contribution is -2.40. The van der Waals surface area contributed by atoms with Crippen molar-refractivity contribution in [1.82, 2.24) is 5.32 Å². The molecule has 0 radical (unpaired) electrons. The van der Waals surface area contributed by atoms with Gasteiger partial charge in [0.15, 0.2) is 0 Å². The van der Waals surface area contributed by atoms with Gasteiger partial charge in [0.05, 0.1) is 0 Å². The average Bonchev–Trinajstić information content (AvgIpc) is 2.12. The fraction of sp³-hybridized carbons (Fsp3) is 0.462. The standard InChI is InChI=1S/C13H18BrNO/c1-13(2,3)15-12(16)8-7-10-5-4-6-11(14)9-10/h4-6,9H,7-8H2,1-3H3,(H,15,16). The number of halogens is 1. The van der Waals surface area contributed by atoms with Crippen molar-refractivity contribution in [2.45, 2.75) is 39.2 Å². The summed E-state index contributed by atoms with van der Waals surface area (Å²) in [6.45, 7) is 5.97. The highest BCUT2D eigenvalue weighted by molar-refractivity contribution is 9.10. The number of amides is 1. The van der Waals surface area contributed by atoms with Gasteiger partial charge in [0.25, 0.3) is 0 Å². The highest BCUT2D eigenvalue weighted by Gasteiger charge is 2.13. The lowest BCUT2D eigenvalue weighted by molar-refractivity contribution is -0.122. The van der Waals surface area contributed by atoms with Crippen molar-refractivity contribution in [1.29, 1.82) is 0 Å². The minimum atomic E-state index is -0.144. The molecule has 0 aromatic heterocycles. The van der Waals surface area contributed by atoms with Gasteiger partial charge in [-0.05, 0) is 44.9 Å². The number of hydrogen-bond acceptors (Lipinski definition) is 1. The van der Waals surface area contributed by atoms with Gasteiger partial charge in [-0.15, -0.1) is 0 Å². The van der Waals surface area contributed by atoms with E-state index in [-0.39, 0.29) is 11.4 Å². The lowest BCUT2D eigenvalue weighted by atomic mass is 10.1. The Morgan fingerprint density at radius 3 is 2.62 bits per heavy atom. The van der Waals surface area contributed by atoms with E-state index in [1.165, 1.54) is 5.56 Å². The Hall–Kier alpha value is -0.830. The third-order valence-electron chi connectivity index (χ3n) is 2.04. The smallest absolute Gasteiger partial charge is 0.220 e. The summed E-state index contributed by atoms with van der Waals surface area (Å²) < 4.78 is 1.06. The van der Waals surface area contributed by atoms with Gasteiger partial charge < -0.3 is 5.32 Å². The van der Waals surface area contributed by atoms with Crippen molar-refractivity contribution in [3.63, 3.8) is 0 Å². The minimum absolute atomic E-state index is 0.104. The Labute approximate surface area is 106 Å². The molecule has 88 valence electrons. The Morgan fingerprint density at radius 1 is 1.38 bits per heavy atom. The zero-order valence-electron chi connectivity index (χ0n) is 10.0. The number of aryl methyl sites for hydroxylation is 1. The van der Waals surface area contributed by atoms with Gasteiger partial charge in [-0.3, -0.25) is 4.79 Å². The van der Waals surface area contributed by atoms with E-state index in [2.05, 4.69) is 21.2 Å². The SMILES string of the molecule is CC(C)(C)NC(=O)CCc1cccc(Br)c1. The highest BCUT2D eigenvalue weighted by atomic mass is 79.9. The molecule has 1 N–H and O–H groups in total. The summed E-state index contributed by atoms with van der Waals surface area (Å²) in [6.07, 6.45) is 1.31. The number of carbonyl (C=O) groups excluding carboxylic acids is 1. The van der Waals surface area contributed by atoms with Crippen molar-refractivity contribution in [2.75, 3.05) is 0 Å². The van der Waals surface area contributed by atoms with E-state index in [1.54, 1.807) is 0 Å². The summed E-state index contributed by atoms with van der Waals surface area (Å²) >= 11 is 3.42. The lowest BCUT2D eigenvalue weighted by Gasteiger charge is -2.20. The molecule has 0 saturated heterocycles. The van der Waals surface area contributed by atoms with Gasteiger partial charge in [-0.2, -0.15) is 0 Å². The van der Waals surface area contributed by atoms with E-state index < -0.39 is 0 Å². The molecule has 1 rings (SSSR count). The van der Waals surface area contributed by atoms with E-state index in [1.807, 2.05) is 45.0 Å². The van der Waals surface area contributed by atoms with Crippen LogP contribution in [-0.4, -0.2) is 11.4 Å². The first-order chi connectivity index (χ1) is 7.37. The Kier molecular flexibility index (Phi) is 4.54. The second-order valence-electron chi connectivity index (χ2n) is 4.93. The summed E-state index contributed by atoms with van der Waals surface area (Å²) in [5, 5.41) is 2.95. The monoisotopic (exact) mass is 283 g/mol. The van der Waals surface area contributed by atoms with Crippen molar-refractivity contribution in [3.8, 4) is 0 Å². The summed E-state index contributed by atoms with van der Waals surface area (Å²) in [6, 6.07) is 8.05. The predicted molar refractivity (Wildman–Crippen MR) is 70.4 cm³/mol. The molecule has 2 nitrogen and oxygen atoms in total. The molecule has 0 saturated carbocycles. The molecule has 1 amide bonds. The zero-order chi connectivity index (χ0) is 12.2. The fourth-order valence-electron chi connectivity index (χ4n) is 1.43. The second kappa shape index (κ2) is 5.48. The van der Waals surface area contributed by atoms with Crippen LogP contribution < -0.4 is 5.32 Å². The molecule has 0 spiro atoms. The van der Waals surface area contributed by atoms with Crippen molar-refractivity contribution >= 4 is 21.8 Å². The predicted octanol–water partition coefficient (Wildman–Crippen LogP) is 3.30. The van der Waals surface area contributed by atoms with Gasteiger partial charge in [-0.25, -0.2) is 0 Å². The largest absolute Gasteiger partial charge is 0.351 e. The number of carbonyl (C=O) groups is 1. The first-order valence-electron chi connectivity index (χ1n) is 5.42. The Morgan fingerprint density at radius 2 is 2.06 bits per heavy atom. The number of rotatable bonds is 3. The average molecular weight is 284 g/mol. The first kappa shape index (κ1) is 13.2. The molecule has 0 bridgehead atoms. The molecule has 16 heavy (non-hydrogen) atoms. The summed E-state index contributed by atoms with van der Waals surface area (Å²) in [5.74, 6) is 0.104. The molecule has 0 atom stereocenters. The maximum absolute atomic E-state index is 11.6. The van der Waals surface area contributed by atoms with E-state index in [9.17, 15) is 4.79 Å². The fourth-order valence-corrected chi connectivity index (χ4v) is 1.88. The maximum atomic E-state index is 11.6. The topological polar surface area (TPSA) is 29.1 Å². The highest BCUT2D eigenvalue weighted by Crippen LogP contribution is 2.13. The number of hydrogen-bond donors (Lipinski definition) is 1. The van der Waals surface area contributed by atoms with E-state index in [4.69, 9.17) is 0 Å². The quantitative estimate of drug-likeness (QED) is 0.906. The van der Waals surface area contributed by atoms with Crippen LogP contribution in [0.15, 0.2) is 28.7 Å². The summed E-state index contributed by atoms with van der Waals surface area (Å²) in [5.41, 5.74) is 1.03. The van der Waals surface area contributed by atoms with Crippen molar-refractivity contribution in [2.24, 2.45) is 0 Å². The zero-order valence-corrected chi connectivity index (χ0v) is 11.6. The van der Waals surface area contributed by atoms with Gasteiger partial charge in [0.2, 0.25) is 5.91 Å². The van der Waals surface area contributed by atoms with Crippen LogP contribution in [0.3, 0.4) is 0 Å². The normalized spacial score (nSPS) is 11.2. The van der Waals surface area contributed by atoms with Crippen LogP contribution in [-0.2, 0) is 11.2 Å². The Bertz CT molecular complexity index is 368. The first-order valence-corrected chi connectivity index (χ1v) is 6.21. The third-order valence-corrected chi connectivity index (χ3v) is 2.54. The van der Waals surface area contributed by atoms with Crippen LogP contribution in [0.2, 0.25) is 0 Å². The number of benzene rings is 1. The molecule has 3 heteroatoms. The van der Waals surface area contributed by atoms with Gasteiger partial charge >= 0.3 is 0 Å². The summed E-state index contributed by atoms with van der Waals surface area (Å²) in [4.78, 5) is 11.6. The van der Waals surface area contributed by atoms with E-state index in [0.717, 1.165) is 10.9 Å². The molecule has 0 aliphatic carbocycles. The number of nitrogens with one attached hydrogen (secondary N) is 1. The summed E-state index contributed by atoms with van der Waals surface area (Å²) in [7, 11) is 0. The molecule has 0 aliphatic heterocycles. The van der Waals surface area contributed by atoms with Crippen molar-refractivity contribution in [3.05, 3.63) is 34.3 Å². The van der Waals surface area contributed by atoms with Gasteiger partial charge in [-0.1, -0.05) is 28.1 Å². The van der Waals surface area contributed by atoms with Crippen LogP contribution in [0.5, 0.6) is 0 Å². The molecular formula is C13H18BrNO. The van der Waals surface area contributed by atoms with E-state index >= 15 is 0 Å². The molecule has 0 fully saturated rings. The van der Waals surface area contributed by atoms with Gasteiger partial charge in [0.1, 0.15) is 0 Å². The minimum Gasteiger partial charge on any atom is -0.351 e. The molecule has 0 heterocycles. The molecular weight excluding hydrogens is 266 g/mol. The maximum Gasteiger partial charge on any atom is 0.220 e. The van der Waals surface area contributed by atoms with Crippen LogP contribution in [0.25, 0.3) is 0 Å². The van der Waals surface area contributed by atoms with E-state index in [0.29, 0.717) is 6.42 Å². The third kappa shape index (κ3) is 5.31. The van der Waals surface area contributed by atoms with Crippen molar-refractivity contribution < 1.29 is 4.79 Å².